The Morgan fingerprint density at radius 2 is 1.88 bits per heavy atom. The molecule has 1 aliphatic heterocycles. The second-order valence-corrected chi connectivity index (χ2v) is 6.89. The Morgan fingerprint density at radius 1 is 1.19 bits per heavy atom. The highest BCUT2D eigenvalue weighted by atomic mass is 16.5. The normalized spacial score (nSPS) is 18.2. The predicted octanol–water partition coefficient (Wildman–Crippen LogP) is 2.47. The topological polar surface area (TPSA) is 56.8 Å². The molecule has 6 heteroatoms. The molecule has 0 saturated carbocycles. The van der Waals surface area contributed by atoms with Crippen molar-refractivity contribution in [3.63, 3.8) is 0 Å². The molecule has 1 aromatic carbocycles. The summed E-state index contributed by atoms with van der Waals surface area (Å²) in [6, 6.07) is 8.28. The molecule has 2 unspecified atom stereocenters. The lowest BCUT2D eigenvalue weighted by atomic mass is 10.0. The van der Waals surface area contributed by atoms with Crippen molar-refractivity contribution in [3.8, 4) is 5.75 Å². The summed E-state index contributed by atoms with van der Waals surface area (Å²) in [7, 11) is 1.70. The Bertz CT molecular complexity index is 558. The minimum atomic E-state index is -0.105. The number of nitrogens with one attached hydrogen (secondary N) is 2. The van der Waals surface area contributed by atoms with Crippen LogP contribution in [0, 0.1) is 0 Å². The summed E-state index contributed by atoms with van der Waals surface area (Å²) in [4.78, 5) is 17.1. The van der Waals surface area contributed by atoms with E-state index < -0.39 is 0 Å². The third kappa shape index (κ3) is 5.61. The number of amides is 2. The average molecular weight is 363 g/mol. The van der Waals surface area contributed by atoms with Gasteiger partial charge in [-0.15, -0.1) is 0 Å². The van der Waals surface area contributed by atoms with Gasteiger partial charge in [0.1, 0.15) is 5.75 Å². The number of benzene rings is 1. The maximum atomic E-state index is 12.2. The van der Waals surface area contributed by atoms with E-state index in [1.807, 2.05) is 25.1 Å². The van der Waals surface area contributed by atoms with Gasteiger partial charge in [-0.25, -0.2) is 4.79 Å². The van der Waals surface area contributed by atoms with Crippen molar-refractivity contribution in [1.29, 1.82) is 0 Å². The first-order valence-electron chi connectivity index (χ1n) is 9.72. The number of carbonyl (C=O) groups excluding carboxylic acids is 1. The minimum absolute atomic E-state index is 0.104. The predicted molar refractivity (Wildman–Crippen MR) is 106 cm³/mol. The first-order chi connectivity index (χ1) is 12.6. The molecule has 1 aliphatic rings. The molecule has 1 heterocycles. The van der Waals surface area contributed by atoms with E-state index in [1.165, 1.54) is 0 Å². The first kappa shape index (κ1) is 20.5. The lowest BCUT2D eigenvalue weighted by Crippen LogP contribution is -2.50. The number of rotatable bonds is 8. The van der Waals surface area contributed by atoms with Gasteiger partial charge in [0.2, 0.25) is 0 Å². The number of hydrogen-bond donors (Lipinski definition) is 2. The fraction of sp³-hybridized carbons (Fsp3) is 0.650. The van der Waals surface area contributed by atoms with Crippen LogP contribution in [0.4, 0.5) is 4.79 Å². The fourth-order valence-corrected chi connectivity index (χ4v) is 3.33. The van der Waals surface area contributed by atoms with Crippen molar-refractivity contribution in [1.82, 2.24) is 20.4 Å². The van der Waals surface area contributed by atoms with Crippen LogP contribution in [-0.2, 0) is 0 Å². The third-order valence-electron chi connectivity index (χ3n) is 5.24. The van der Waals surface area contributed by atoms with Gasteiger partial charge in [-0.2, -0.15) is 0 Å². The highest BCUT2D eigenvalue weighted by molar-refractivity contribution is 5.74. The van der Waals surface area contributed by atoms with E-state index in [1.54, 1.807) is 7.11 Å². The zero-order valence-electron chi connectivity index (χ0n) is 16.6. The number of nitrogens with zero attached hydrogens (tertiary/aromatic N) is 2. The van der Waals surface area contributed by atoms with Crippen LogP contribution in [0.1, 0.15) is 38.8 Å². The Labute approximate surface area is 157 Å². The summed E-state index contributed by atoms with van der Waals surface area (Å²) in [6.07, 6.45) is 0.919. The SMILES string of the molecule is CCC(C)NC(=O)NCC(c1ccccc1OC)N1CCN(CC)CC1. The quantitative estimate of drug-likeness (QED) is 0.746. The molecule has 26 heavy (non-hydrogen) atoms. The van der Waals surface area contributed by atoms with E-state index in [0.29, 0.717) is 6.54 Å². The third-order valence-corrected chi connectivity index (χ3v) is 5.24. The molecule has 146 valence electrons. The maximum absolute atomic E-state index is 12.2. The summed E-state index contributed by atoms with van der Waals surface area (Å²) >= 11 is 0. The smallest absolute Gasteiger partial charge is 0.315 e. The summed E-state index contributed by atoms with van der Waals surface area (Å²) in [5.41, 5.74) is 1.13. The van der Waals surface area contributed by atoms with E-state index in [4.69, 9.17) is 4.74 Å². The van der Waals surface area contributed by atoms with Gasteiger partial charge in [-0.1, -0.05) is 32.0 Å². The molecule has 2 N–H and O–H groups in total. The fourth-order valence-electron chi connectivity index (χ4n) is 3.33. The summed E-state index contributed by atoms with van der Waals surface area (Å²) < 4.78 is 5.58. The van der Waals surface area contributed by atoms with Crippen LogP contribution in [-0.4, -0.2) is 68.3 Å². The number of piperazine rings is 1. The number of hydrogen-bond acceptors (Lipinski definition) is 4. The molecule has 1 aromatic rings. The number of carbonyl (C=O) groups is 1. The van der Waals surface area contributed by atoms with Crippen LogP contribution in [0.15, 0.2) is 24.3 Å². The minimum Gasteiger partial charge on any atom is -0.496 e. The Kier molecular flexibility index (Phi) is 8.19. The van der Waals surface area contributed by atoms with E-state index in [9.17, 15) is 4.79 Å². The molecule has 1 fully saturated rings. The van der Waals surface area contributed by atoms with Crippen LogP contribution < -0.4 is 15.4 Å². The monoisotopic (exact) mass is 362 g/mol. The molecule has 0 aliphatic carbocycles. The molecule has 1 saturated heterocycles. The van der Waals surface area contributed by atoms with E-state index in [-0.39, 0.29) is 18.1 Å². The molecule has 0 bridgehead atoms. The standard InChI is InChI=1S/C20H34N4O2/c1-5-16(3)22-20(25)21-15-18(17-9-7-8-10-19(17)26-4)24-13-11-23(6-2)12-14-24/h7-10,16,18H,5-6,11-15H2,1-4H3,(H2,21,22,25). The van der Waals surface area contributed by atoms with Gasteiger partial charge in [0.25, 0.3) is 0 Å². The van der Waals surface area contributed by atoms with Gasteiger partial charge in [0, 0.05) is 44.3 Å². The van der Waals surface area contributed by atoms with Crippen molar-refractivity contribution < 1.29 is 9.53 Å². The van der Waals surface area contributed by atoms with Crippen LogP contribution in [0.5, 0.6) is 5.75 Å². The van der Waals surface area contributed by atoms with Gasteiger partial charge in [0.05, 0.1) is 13.2 Å². The van der Waals surface area contributed by atoms with E-state index >= 15 is 0 Å². The Balaban J connectivity index is 2.10. The van der Waals surface area contributed by atoms with Gasteiger partial charge < -0.3 is 20.3 Å². The second-order valence-electron chi connectivity index (χ2n) is 6.89. The first-order valence-corrected chi connectivity index (χ1v) is 9.72. The number of likely N-dealkylation sites (N-methyl/N-ethyl adjacent to an activating group) is 1. The molecular formula is C20H34N4O2. The zero-order chi connectivity index (χ0) is 18.9. The van der Waals surface area contributed by atoms with Crippen LogP contribution >= 0.6 is 0 Å². The zero-order valence-corrected chi connectivity index (χ0v) is 16.6. The highest BCUT2D eigenvalue weighted by Gasteiger charge is 2.27. The average Bonchev–Trinajstić information content (AvgIpc) is 2.68. The van der Waals surface area contributed by atoms with Gasteiger partial charge in [0.15, 0.2) is 0 Å². The molecular weight excluding hydrogens is 328 g/mol. The Morgan fingerprint density at radius 3 is 2.50 bits per heavy atom. The van der Waals surface area contributed by atoms with Crippen molar-refractivity contribution >= 4 is 6.03 Å². The molecule has 0 spiro atoms. The van der Waals surface area contributed by atoms with Crippen molar-refractivity contribution in [2.45, 2.75) is 39.3 Å². The molecule has 0 radical (unpaired) electrons. The number of urea groups is 1. The van der Waals surface area contributed by atoms with Crippen molar-refractivity contribution in [2.24, 2.45) is 0 Å². The van der Waals surface area contributed by atoms with Crippen LogP contribution in [0.2, 0.25) is 0 Å². The van der Waals surface area contributed by atoms with Gasteiger partial charge in [-0.3, -0.25) is 4.90 Å². The van der Waals surface area contributed by atoms with Gasteiger partial charge >= 0.3 is 6.03 Å². The maximum Gasteiger partial charge on any atom is 0.315 e. The number of ether oxygens (including phenoxy) is 1. The molecule has 2 atom stereocenters. The summed E-state index contributed by atoms with van der Waals surface area (Å²) in [5, 5.41) is 6.04. The second kappa shape index (κ2) is 10.4. The summed E-state index contributed by atoms with van der Waals surface area (Å²) in [5.74, 6) is 0.875. The van der Waals surface area contributed by atoms with Gasteiger partial charge in [-0.05, 0) is 26.0 Å². The molecule has 2 amide bonds. The lowest BCUT2D eigenvalue weighted by Gasteiger charge is -2.39. The molecule has 6 nitrogen and oxygen atoms in total. The number of methoxy groups -OCH3 is 1. The lowest BCUT2D eigenvalue weighted by molar-refractivity contribution is 0.0978. The largest absolute Gasteiger partial charge is 0.496 e. The van der Waals surface area contributed by atoms with Crippen molar-refractivity contribution in [3.05, 3.63) is 29.8 Å². The molecule has 0 aromatic heterocycles. The number of para-hydroxylation sites is 1. The van der Waals surface area contributed by atoms with E-state index in [0.717, 1.165) is 50.5 Å². The Hall–Kier alpha value is -1.79. The summed E-state index contributed by atoms with van der Waals surface area (Å²) in [6.45, 7) is 12.0. The highest BCUT2D eigenvalue weighted by Crippen LogP contribution is 2.29. The van der Waals surface area contributed by atoms with Crippen molar-refractivity contribution in [2.75, 3.05) is 46.4 Å². The van der Waals surface area contributed by atoms with Crippen LogP contribution in [0.3, 0.4) is 0 Å². The molecule has 2 rings (SSSR count). The van der Waals surface area contributed by atoms with Crippen LogP contribution in [0.25, 0.3) is 0 Å². The van der Waals surface area contributed by atoms with E-state index in [2.05, 4.69) is 40.3 Å².